The molecule has 2 atom stereocenters. The lowest BCUT2D eigenvalue weighted by Crippen LogP contribution is -2.55. The Bertz CT molecular complexity index is 897. The van der Waals surface area contributed by atoms with E-state index in [1.54, 1.807) is 23.1 Å². The lowest BCUT2D eigenvalue weighted by Gasteiger charge is -2.43. The Hall–Kier alpha value is -2.64. The van der Waals surface area contributed by atoms with Crippen LogP contribution in [0, 0.1) is 17.2 Å². The molecule has 1 N–H and O–H groups in total. The SMILES string of the molecule is CC1CC(C)(C)CC2(C1)NC(=O)N(CC(=O)N1CCN(c3ccccc3F)CC1)C2=O. The largest absolute Gasteiger partial charge is 0.366 e. The number of imide groups is 1. The van der Waals surface area contributed by atoms with Crippen molar-refractivity contribution in [2.75, 3.05) is 37.6 Å². The standard InChI is InChI=1S/C23H31FN4O3/c1-16-12-22(2,3)15-23(13-16)20(30)28(21(31)25-23)14-19(29)27-10-8-26(9-11-27)18-7-5-4-6-17(18)24/h4-7,16H,8-15H2,1-3H3,(H,25,31). The maximum atomic E-state index is 14.0. The van der Waals surface area contributed by atoms with Crippen LogP contribution in [0.5, 0.6) is 0 Å². The van der Waals surface area contributed by atoms with E-state index in [-0.39, 0.29) is 29.6 Å². The second-order valence-corrected chi connectivity index (χ2v) is 10.1. The minimum absolute atomic E-state index is 0.0519. The average molecular weight is 431 g/mol. The normalized spacial score (nSPS) is 28.3. The van der Waals surface area contributed by atoms with Gasteiger partial charge in [-0.05, 0) is 42.7 Å². The van der Waals surface area contributed by atoms with E-state index in [0.717, 1.165) is 11.3 Å². The van der Waals surface area contributed by atoms with Crippen molar-refractivity contribution in [1.29, 1.82) is 0 Å². The summed E-state index contributed by atoms with van der Waals surface area (Å²) in [4.78, 5) is 43.4. The third-order valence-corrected chi connectivity index (χ3v) is 6.74. The van der Waals surface area contributed by atoms with Gasteiger partial charge in [-0.2, -0.15) is 0 Å². The highest BCUT2D eigenvalue weighted by Gasteiger charge is 2.56. The fourth-order valence-corrected chi connectivity index (χ4v) is 5.79. The van der Waals surface area contributed by atoms with Gasteiger partial charge in [-0.3, -0.25) is 14.5 Å². The van der Waals surface area contributed by atoms with E-state index < -0.39 is 11.6 Å². The minimum Gasteiger partial charge on any atom is -0.366 e. The van der Waals surface area contributed by atoms with Crippen LogP contribution in [0.4, 0.5) is 14.9 Å². The first-order valence-corrected chi connectivity index (χ1v) is 11.0. The molecule has 1 aromatic rings. The molecule has 31 heavy (non-hydrogen) atoms. The summed E-state index contributed by atoms with van der Waals surface area (Å²) < 4.78 is 14.0. The third kappa shape index (κ3) is 4.12. The fourth-order valence-electron chi connectivity index (χ4n) is 5.79. The van der Waals surface area contributed by atoms with Crippen molar-refractivity contribution >= 4 is 23.5 Å². The van der Waals surface area contributed by atoms with Crippen molar-refractivity contribution in [3.8, 4) is 0 Å². The average Bonchev–Trinajstić information content (AvgIpc) is 2.90. The van der Waals surface area contributed by atoms with Gasteiger partial charge in [0.1, 0.15) is 17.9 Å². The van der Waals surface area contributed by atoms with E-state index in [1.165, 1.54) is 6.07 Å². The zero-order valence-electron chi connectivity index (χ0n) is 18.5. The van der Waals surface area contributed by atoms with Crippen LogP contribution in [-0.2, 0) is 9.59 Å². The van der Waals surface area contributed by atoms with Gasteiger partial charge in [0.05, 0.1) is 5.69 Å². The van der Waals surface area contributed by atoms with E-state index in [0.29, 0.717) is 50.6 Å². The van der Waals surface area contributed by atoms with E-state index in [4.69, 9.17) is 0 Å². The molecule has 1 saturated carbocycles. The number of halogens is 1. The minimum atomic E-state index is -0.901. The third-order valence-electron chi connectivity index (χ3n) is 6.74. The van der Waals surface area contributed by atoms with Gasteiger partial charge >= 0.3 is 6.03 Å². The zero-order chi connectivity index (χ0) is 22.4. The number of amides is 4. The first-order chi connectivity index (χ1) is 14.6. The molecule has 2 unspecified atom stereocenters. The molecule has 0 bridgehead atoms. The van der Waals surface area contributed by atoms with Crippen molar-refractivity contribution in [1.82, 2.24) is 15.1 Å². The van der Waals surface area contributed by atoms with Crippen LogP contribution in [0.2, 0.25) is 0 Å². The molecule has 4 amide bonds. The van der Waals surface area contributed by atoms with Crippen LogP contribution in [-0.4, -0.2) is 65.9 Å². The van der Waals surface area contributed by atoms with E-state index in [1.807, 2.05) is 4.90 Å². The van der Waals surface area contributed by atoms with Gasteiger partial charge in [0, 0.05) is 26.2 Å². The van der Waals surface area contributed by atoms with Gasteiger partial charge in [-0.15, -0.1) is 0 Å². The molecule has 1 aliphatic carbocycles. The summed E-state index contributed by atoms with van der Waals surface area (Å²) in [5.74, 6) is -0.501. The summed E-state index contributed by atoms with van der Waals surface area (Å²) in [7, 11) is 0. The molecule has 4 rings (SSSR count). The number of carbonyl (C=O) groups excluding carboxylic acids is 3. The van der Waals surface area contributed by atoms with Gasteiger partial charge < -0.3 is 15.1 Å². The maximum absolute atomic E-state index is 14.0. The van der Waals surface area contributed by atoms with Crippen LogP contribution >= 0.6 is 0 Å². The number of para-hydroxylation sites is 1. The highest BCUT2D eigenvalue weighted by molar-refractivity contribution is 6.09. The van der Waals surface area contributed by atoms with Crippen molar-refractivity contribution < 1.29 is 18.8 Å². The molecule has 1 aromatic carbocycles. The van der Waals surface area contributed by atoms with Crippen LogP contribution < -0.4 is 10.2 Å². The zero-order valence-corrected chi connectivity index (χ0v) is 18.5. The summed E-state index contributed by atoms with van der Waals surface area (Å²) in [6.07, 6.45) is 2.19. The van der Waals surface area contributed by atoms with Crippen molar-refractivity contribution in [2.45, 2.75) is 45.6 Å². The van der Waals surface area contributed by atoms with Crippen LogP contribution in [0.3, 0.4) is 0 Å². The molecular weight excluding hydrogens is 399 g/mol. The molecule has 2 aliphatic heterocycles. The molecule has 0 aromatic heterocycles. The van der Waals surface area contributed by atoms with Gasteiger partial charge in [0.2, 0.25) is 5.91 Å². The second kappa shape index (κ2) is 7.80. The second-order valence-electron chi connectivity index (χ2n) is 10.1. The number of nitrogens with zero attached hydrogens (tertiary/aromatic N) is 3. The molecule has 8 heteroatoms. The summed E-state index contributed by atoms with van der Waals surface area (Å²) in [6, 6.07) is 6.11. The number of nitrogens with one attached hydrogen (secondary N) is 1. The number of piperazine rings is 1. The number of anilines is 1. The molecule has 3 aliphatic rings. The van der Waals surface area contributed by atoms with Crippen LogP contribution in [0.25, 0.3) is 0 Å². The summed E-state index contributed by atoms with van der Waals surface area (Å²) in [6.45, 7) is 7.94. The van der Waals surface area contributed by atoms with Gasteiger partial charge in [-0.1, -0.05) is 32.9 Å². The van der Waals surface area contributed by atoms with E-state index in [2.05, 4.69) is 26.1 Å². The Morgan fingerprint density at radius 1 is 1.13 bits per heavy atom. The number of benzene rings is 1. The summed E-state index contributed by atoms with van der Waals surface area (Å²) in [5, 5.41) is 2.92. The Labute approximate surface area is 182 Å². The number of urea groups is 1. The molecule has 1 spiro atoms. The monoisotopic (exact) mass is 430 g/mol. The van der Waals surface area contributed by atoms with Crippen molar-refractivity contribution in [3.63, 3.8) is 0 Å². The van der Waals surface area contributed by atoms with Crippen LogP contribution in [0.15, 0.2) is 24.3 Å². The molecule has 3 fully saturated rings. The summed E-state index contributed by atoms with van der Waals surface area (Å²) >= 11 is 0. The quantitative estimate of drug-likeness (QED) is 0.749. The number of hydrogen-bond donors (Lipinski definition) is 1. The van der Waals surface area contributed by atoms with Crippen molar-refractivity contribution in [3.05, 3.63) is 30.1 Å². The predicted octanol–water partition coefficient (Wildman–Crippen LogP) is 2.61. The Morgan fingerprint density at radius 2 is 1.81 bits per heavy atom. The number of rotatable bonds is 3. The lowest BCUT2D eigenvalue weighted by molar-refractivity contribution is -0.140. The predicted molar refractivity (Wildman–Crippen MR) is 115 cm³/mol. The highest BCUT2D eigenvalue weighted by atomic mass is 19.1. The lowest BCUT2D eigenvalue weighted by atomic mass is 9.64. The van der Waals surface area contributed by atoms with E-state index in [9.17, 15) is 18.8 Å². The smallest absolute Gasteiger partial charge is 0.325 e. The Balaban J connectivity index is 1.39. The molecule has 168 valence electrons. The topological polar surface area (TPSA) is 73.0 Å². The van der Waals surface area contributed by atoms with Gasteiger partial charge in [0.25, 0.3) is 5.91 Å². The van der Waals surface area contributed by atoms with Gasteiger partial charge in [-0.25, -0.2) is 9.18 Å². The fraction of sp³-hybridized carbons (Fsp3) is 0.609. The maximum Gasteiger partial charge on any atom is 0.325 e. The molecule has 7 nitrogen and oxygen atoms in total. The van der Waals surface area contributed by atoms with Crippen LogP contribution in [0.1, 0.15) is 40.0 Å². The van der Waals surface area contributed by atoms with E-state index >= 15 is 0 Å². The Kier molecular flexibility index (Phi) is 5.43. The summed E-state index contributed by atoms with van der Waals surface area (Å²) in [5.41, 5.74) is -0.425. The first kappa shape index (κ1) is 21.6. The molecule has 2 saturated heterocycles. The van der Waals surface area contributed by atoms with Crippen molar-refractivity contribution in [2.24, 2.45) is 11.3 Å². The highest BCUT2D eigenvalue weighted by Crippen LogP contribution is 2.46. The molecule has 2 heterocycles. The Morgan fingerprint density at radius 3 is 2.45 bits per heavy atom. The number of hydrogen-bond acceptors (Lipinski definition) is 4. The van der Waals surface area contributed by atoms with Gasteiger partial charge in [0.15, 0.2) is 0 Å². The number of carbonyl (C=O) groups is 3. The molecular formula is C23H31FN4O3. The first-order valence-electron chi connectivity index (χ1n) is 11.0. The molecule has 0 radical (unpaired) electrons.